The molecule has 0 aromatic carbocycles. The van der Waals surface area contributed by atoms with Crippen LogP contribution >= 0.6 is 0 Å². The second-order valence-electron chi connectivity index (χ2n) is 3.27. The monoisotopic (exact) mass is 223 g/mol. The maximum Gasteiger partial charge on any atom is 0.138 e. The Kier molecular flexibility index (Phi) is 3.01. The molecule has 5 heteroatoms. The van der Waals surface area contributed by atoms with Crippen molar-refractivity contribution in [3.8, 4) is 0 Å². The Morgan fingerprint density at radius 3 is 3.20 bits per heavy atom. The third kappa shape index (κ3) is 2.36. The number of fused-ring (bicyclic) bond motifs is 1. The number of imidazole rings is 1. The summed E-state index contributed by atoms with van der Waals surface area (Å²) in [5.41, 5.74) is 0.914. The number of rotatable bonds is 4. The van der Waals surface area contributed by atoms with Crippen molar-refractivity contribution < 1.29 is 4.21 Å². The van der Waals surface area contributed by atoms with Crippen LogP contribution in [0.1, 0.15) is 0 Å². The van der Waals surface area contributed by atoms with Gasteiger partial charge in [0.25, 0.3) is 0 Å². The van der Waals surface area contributed by atoms with Gasteiger partial charge in [-0.25, -0.2) is 4.98 Å². The molecular formula is C10H13N3OS. The van der Waals surface area contributed by atoms with E-state index in [1.165, 1.54) is 0 Å². The minimum Gasteiger partial charge on any atom is -0.370 e. The predicted octanol–water partition coefficient (Wildman–Crippen LogP) is 1.12. The van der Waals surface area contributed by atoms with Crippen LogP contribution < -0.4 is 5.32 Å². The molecule has 1 unspecified atom stereocenters. The maximum absolute atomic E-state index is 10.9. The zero-order valence-corrected chi connectivity index (χ0v) is 9.33. The molecule has 4 nitrogen and oxygen atoms in total. The van der Waals surface area contributed by atoms with Crippen LogP contribution in [-0.4, -0.2) is 32.1 Å². The van der Waals surface area contributed by atoms with Crippen molar-refractivity contribution in [2.24, 2.45) is 0 Å². The minimum absolute atomic E-state index is 0.658. The van der Waals surface area contributed by atoms with Gasteiger partial charge in [0.05, 0.1) is 0 Å². The van der Waals surface area contributed by atoms with Crippen molar-refractivity contribution in [1.82, 2.24) is 9.38 Å². The highest BCUT2D eigenvalue weighted by atomic mass is 32.2. The van der Waals surface area contributed by atoms with E-state index in [-0.39, 0.29) is 0 Å². The van der Waals surface area contributed by atoms with Gasteiger partial charge in [0.2, 0.25) is 0 Å². The average Bonchev–Trinajstić information content (AvgIpc) is 2.65. The molecular weight excluding hydrogens is 210 g/mol. The second kappa shape index (κ2) is 4.44. The number of pyridine rings is 1. The van der Waals surface area contributed by atoms with E-state index < -0.39 is 10.8 Å². The molecule has 2 rings (SSSR count). The van der Waals surface area contributed by atoms with E-state index in [2.05, 4.69) is 10.3 Å². The normalized spacial score (nSPS) is 12.9. The Morgan fingerprint density at radius 1 is 1.53 bits per heavy atom. The van der Waals surface area contributed by atoms with Crippen molar-refractivity contribution in [3.05, 3.63) is 30.6 Å². The van der Waals surface area contributed by atoms with Crippen LogP contribution in [0, 0.1) is 0 Å². The molecule has 0 aliphatic heterocycles. The fourth-order valence-corrected chi connectivity index (χ4v) is 1.80. The molecule has 0 aliphatic rings. The molecule has 0 saturated heterocycles. The molecule has 1 N–H and O–H groups in total. The molecule has 1 atom stereocenters. The van der Waals surface area contributed by atoms with Gasteiger partial charge in [-0.15, -0.1) is 0 Å². The SMILES string of the molecule is CS(=O)CCNc1cccc2nccn12. The number of nitrogens with zero attached hydrogens (tertiary/aromatic N) is 2. The lowest BCUT2D eigenvalue weighted by Gasteiger charge is -2.07. The Balaban J connectivity index is 2.13. The summed E-state index contributed by atoms with van der Waals surface area (Å²) in [6, 6.07) is 5.88. The van der Waals surface area contributed by atoms with Crippen LogP contribution in [0.25, 0.3) is 5.65 Å². The van der Waals surface area contributed by atoms with E-state index in [0.29, 0.717) is 12.3 Å². The number of hydrogen-bond donors (Lipinski definition) is 1. The van der Waals surface area contributed by atoms with Crippen molar-refractivity contribution in [2.75, 3.05) is 23.9 Å². The third-order valence-electron chi connectivity index (χ3n) is 2.12. The molecule has 0 amide bonds. The predicted molar refractivity (Wildman–Crippen MR) is 62.6 cm³/mol. The van der Waals surface area contributed by atoms with Crippen LogP contribution in [0.15, 0.2) is 30.6 Å². The lowest BCUT2D eigenvalue weighted by atomic mass is 10.4. The van der Waals surface area contributed by atoms with E-state index >= 15 is 0 Å². The van der Waals surface area contributed by atoms with Crippen LogP contribution in [0.4, 0.5) is 5.82 Å². The van der Waals surface area contributed by atoms with Gasteiger partial charge >= 0.3 is 0 Å². The summed E-state index contributed by atoms with van der Waals surface area (Å²) >= 11 is 0. The van der Waals surface area contributed by atoms with Gasteiger partial charge in [0.15, 0.2) is 0 Å². The van der Waals surface area contributed by atoms with Gasteiger partial charge in [0.1, 0.15) is 11.5 Å². The van der Waals surface area contributed by atoms with Gasteiger partial charge < -0.3 is 5.32 Å². The van der Waals surface area contributed by atoms with Gasteiger partial charge in [-0.3, -0.25) is 8.61 Å². The fourth-order valence-electron chi connectivity index (χ4n) is 1.41. The van der Waals surface area contributed by atoms with E-state index in [4.69, 9.17) is 0 Å². The Hall–Kier alpha value is -1.36. The number of aromatic nitrogens is 2. The molecule has 2 aromatic rings. The smallest absolute Gasteiger partial charge is 0.138 e. The van der Waals surface area contributed by atoms with Crippen molar-refractivity contribution >= 4 is 22.3 Å². The summed E-state index contributed by atoms with van der Waals surface area (Å²) < 4.78 is 12.9. The lowest BCUT2D eigenvalue weighted by Crippen LogP contribution is -2.11. The molecule has 15 heavy (non-hydrogen) atoms. The largest absolute Gasteiger partial charge is 0.370 e. The highest BCUT2D eigenvalue weighted by Gasteiger charge is 1.99. The van der Waals surface area contributed by atoms with E-state index in [0.717, 1.165) is 11.5 Å². The summed E-state index contributed by atoms with van der Waals surface area (Å²) in [5, 5.41) is 3.24. The Morgan fingerprint density at radius 2 is 2.40 bits per heavy atom. The second-order valence-corrected chi connectivity index (χ2v) is 4.83. The lowest BCUT2D eigenvalue weighted by molar-refractivity contribution is 0.687. The summed E-state index contributed by atoms with van der Waals surface area (Å²) in [5.74, 6) is 1.64. The molecule has 80 valence electrons. The highest BCUT2D eigenvalue weighted by molar-refractivity contribution is 7.84. The first-order valence-corrected chi connectivity index (χ1v) is 6.46. The first-order valence-electron chi connectivity index (χ1n) is 4.73. The number of hydrogen-bond acceptors (Lipinski definition) is 3. The van der Waals surface area contributed by atoms with Gasteiger partial charge in [-0.1, -0.05) is 6.07 Å². The molecule has 0 saturated carbocycles. The first kappa shape index (κ1) is 10.2. The summed E-state index contributed by atoms with van der Waals surface area (Å²) in [6.45, 7) is 0.709. The van der Waals surface area contributed by atoms with E-state index in [1.54, 1.807) is 12.5 Å². The van der Waals surface area contributed by atoms with Gasteiger partial charge in [0, 0.05) is 41.7 Å². The number of anilines is 1. The van der Waals surface area contributed by atoms with Gasteiger partial charge in [-0.05, 0) is 12.1 Å². The minimum atomic E-state index is -0.751. The van der Waals surface area contributed by atoms with E-state index in [9.17, 15) is 4.21 Å². The topological polar surface area (TPSA) is 46.4 Å². The zero-order valence-electron chi connectivity index (χ0n) is 8.51. The molecule has 0 fully saturated rings. The molecule has 0 aliphatic carbocycles. The van der Waals surface area contributed by atoms with E-state index in [1.807, 2.05) is 28.8 Å². The summed E-state index contributed by atoms with van der Waals surface area (Å²) in [6.07, 6.45) is 5.37. The molecule has 2 aromatic heterocycles. The summed E-state index contributed by atoms with van der Waals surface area (Å²) in [4.78, 5) is 4.19. The maximum atomic E-state index is 10.9. The molecule has 0 spiro atoms. The Bertz CT molecular complexity index is 480. The van der Waals surface area contributed by atoms with Crippen LogP contribution in [0.5, 0.6) is 0 Å². The first-order chi connectivity index (χ1) is 7.27. The fraction of sp³-hybridized carbons (Fsp3) is 0.300. The number of nitrogens with one attached hydrogen (secondary N) is 1. The molecule has 0 bridgehead atoms. The molecule has 0 radical (unpaired) electrons. The van der Waals surface area contributed by atoms with Crippen LogP contribution in [0.3, 0.4) is 0 Å². The van der Waals surface area contributed by atoms with Crippen LogP contribution in [0.2, 0.25) is 0 Å². The summed E-state index contributed by atoms with van der Waals surface area (Å²) in [7, 11) is -0.751. The average molecular weight is 223 g/mol. The van der Waals surface area contributed by atoms with Crippen molar-refractivity contribution in [3.63, 3.8) is 0 Å². The van der Waals surface area contributed by atoms with Gasteiger partial charge in [-0.2, -0.15) is 0 Å². The van der Waals surface area contributed by atoms with Crippen LogP contribution in [-0.2, 0) is 10.8 Å². The zero-order chi connectivity index (χ0) is 10.7. The molecule has 2 heterocycles. The third-order valence-corrected chi connectivity index (χ3v) is 2.90. The quantitative estimate of drug-likeness (QED) is 0.845. The van der Waals surface area contributed by atoms with Crippen molar-refractivity contribution in [1.29, 1.82) is 0 Å². The van der Waals surface area contributed by atoms with Crippen molar-refractivity contribution in [2.45, 2.75) is 0 Å². The highest BCUT2D eigenvalue weighted by Crippen LogP contribution is 2.10. The Labute approximate surface area is 90.8 Å². The standard InChI is InChI=1S/C10H13N3OS/c1-15(14)8-6-12-10-4-2-3-9-11-5-7-13(9)10/h2-5,7,12H,6,8H2,1H3.